The van der Waals surface area contributed by atoms with E-state index in [1.807, 2.05) is 19.9 Å². The highest BCUT2D eigenvalue weighted by molar-refractivity contribution is 5.91. The van der Waals surface area contributed by atoms with E-state index >= 15 is 0 Å². The molecule has 0 aromatic heterocycles. The quantitative estimate of drug-likeness (QED) is 0.720. The van der Waals surface area contributed by atoms with Crippen LogP contribution in [0, 0.1) is 0 Å². The number of carbonyl (C=O) groups is 2. The van der Waals surface area contributed by atoms with E-state index in [4.69, 9.17) is 5.73 Å². The van der Waals surface area contributed by atoms with Crippen molar-refractivity contribution in [1.82, 2.24) is 5.32 Å². The molecular weight excluding hydrogens is 216 g/mol. The molecule has 0 atom stereocenters. The largest absolute Gasteiger partial charge is 0.366 e. The molecule has 0 heterocycles. The van der Waals surface area contributed by atoms with Gasteiger partial charge in [-0.25, -0.2) is 0 Å². The van der Waals surface area contributed by atoms with Gasteiger partial charge in [-0.2, -0.15) is 0 Å². The van der Waals surface area contributed by atoms with Crippen LogP contribution in [0.4, 0.5) is 0 Å². The first-order chi connectivity index (χ1) is 7.84. The van der Waals surface area contributed by atoms with Crippen LogP contribution in [0.15, 0.2) is 24.3 Å². The Labute approximate surface area is 104 Å². The van der Waals surface area contributed by atoms with Crippen LogP contribution in [0.2, 0.25) is 0 Å². The maximum atomic E-state index is 10.4. The molecule has 4 heteroatoms. The molecule has 98 valence electrons. The zero-order valence-electron chi connectivity index (χ0n) is 11.2. The summed E-state index contributed by atoms with van der Waals surface area (Å²) in [6.07, 6.45) is 5.13. The maximum absolute atomic E-state index is 10.4. The summed E-state index contributed by atoms with van der Waals surface area (Å²) in [5, 5.41) is 2.64. The molecule has 0 unspecified atom stereocenters. The number of carbonyl (C=O) groups excluding carboxylic acids is 2. The van der Waals surface area contributed by atoms with Gasteiger partial charge in [0.1, 0.15) is 0 Å². The number of nitrogens with one attached hydrogen (secondary N) is 1. The number of hydrogen-bond donors (Lipinski definition) is 2. The first-order valence-electron chi connectivity index (χ1n) is 5.74. The monoisotopic (exact) mass is 240 g/mol. The van der Waals surface area contributed by atoms with Crippen molar-refractivity contribution in [3.63, 3.8) is 0 Å². The summed E-state index contributed by atoms with van der Waals surface area (Å²) in [5.41, 5.74) is 5.63. The summed E-state index contributed by atoms with van der Waals surface area (Å²) in [6, 6.07) is 0.209. The minimum absolute atomic E-state index is 0.111. The van der Waals surface area contributed by atoms with Gasteiger partial charge < -0.3 is 11.1 Å². The molecule has 0 aliphatic heterocycles. The van der Waals surface area contributed by atoms with E-state index in [-0.39, 0.29) is 17.9 Å². The molecule has 0 radical (unpaired) electrons. The molecule has 0 spiro atoms. The van der Waals surface area contributed by atoms with Gasteiger partial charge in [0, 0.05) is 11.6 Å². The lowest BCUT2D eigenvalue weighted by Crippen LogP contribution is -2.27. The molecule has 0 fully saturated rings. The Morgan fingerprint density at radius 1 is 1.41 bits per heavy atom. The van der Waals surface area contributed by atoms with Gasteiger partial charge in [0.2, 0.25) is 11.8 Å². The average molecular weight is 240 g/mol. The molecule has 3 N–H and O–H groups in total. The first-order valence-corrected chi connectivity index (χ1v) is 5.74. The van der Waals surface area contributed by atoms with Crippen molar-refractivity contribution in [2.45, 2.75) is 46.6 Å². The Morgan fingerprint density at radius 3 is 2.18 bits per heavy atom. The number of nitrogens with two attached hydrogens (primary N) is 1. The van der Waals surface area contributed by atoms with Crippen LogP contribution >= 0.6 is 0 Å². The van der Waals surface area contributed by atoms with Gasteiger partial charge >= 0.3 is 0 Å². The lowest BCUT2D eigenvalue weighted by molar-refractivity contribution is -0.117. The van der Waals surface area contributed by atoms with Crippen LogP contribution in [0.3, 0.4) is 0 Å². The third-order valence-electron chi connectivity index (χ3n) is 1.74. The first kappa shape index (κ1) is 17.8. The normalized spacial score (nSPS) is 10.3. The highest BCUT2D eigenvalue weighted by atomic mass is 16.1. The third-order valence-corrected chi connectivity index (χ3v) is 1.74. The van der Waals surface area contributed by atoms with E-state index in [0.717, 1.165) is 12.8 Å². The molecule has 0 saturated carbocycles. The number of primary amides is 1. The predicted molar refractivity (Wildman–Crippen MR) is 71.3 cm³/mol. The number of amides is 2. The standard InChI is InChI=1S/C7H13NO.C6H11NO/c1-3-4-5-6(2)7(8)9;1-4-6(8)7-5(2)3/h5H,3-4H2,1-2H3,(H2,8,9);4-5H,1H2,2-3H3,(H,7,8). The SMILES string of the molecule is C=CC(=O)NC(C)C.CCCC=C(C)C(N)=O. The summed E-state index contributed by atoms with van der Waals surface area (Å²) in [6.45, 7) is 10.9. The highest BCUT2D eigenvalue weighted by Gasteiger charge is 1.94. The van der Waals surface area contributed by atoms with Gasteiger partial charge in [-0.15, -0.1) is 0 Å². The van der Waals surface area contributed by atoms with Crippen molar-refractivity contribution < 1.29 is 9.59 Å². The smallest absolute Gasteiger partial charge is 0.244 e. The van der Waals surface area contributed by atoms with Gasteiger partial charge in [0.05, 0.1) is 0 Å². The van der Waals surface area contributed by atoms with Gasteiger partial charge in [-0.3, -0.25) is 9.59 Å². The second-order valence-corrected chi connectivity index (χ2v) is 3.91. The van der Waals surface area contributed by atoms with Gasteiger partial charge in [-0.05, 0) is 33.3 Å². The van der Waals surface area contributed by atoms with Crippen molar-refractivity contribution >= 4 is 11.8 Å². The Morgan fingerprint density at radius 2 is 1.94 bits per heavy atom. The highest BCUT2D eigenvalue weighted by Crippen LogP contribution is 1.95. The Hall–Kier alpha value is -1.58. The summed E-state index contributed by atoms with van der Waals surface area (Å²) < 4.78 is 0. The zero-order valence-corrected chi connectivity index (χ0v) is 11.2. The van der Waals surface area contributed by atoms with Gasteiger partial charge in [0.15, 0.2) is 0 Å². The molecule has 0 bridgehead atoms. The van der Waals surface area contributed by atoms with Crippen LogP contribution in [0.5, 0.6) is 0 Å². The van der Waals surface area contributed by atoms with E-state index in [1.165, 1.54) is 6.08 Å². The van der Waals surface area contributed by atoms with Crippen molar-refractivity contribution in [3.8, 4) is 0 Å². The fourth-order valence-corrected chi connectivity index (χ4v) is 0.805. The number of unbranched alkanes of at least 4 members (excludes halogenated alkanes) is 1. The topological polar surface area (TPSA) is 72.2 Å². The molecule has 0 aromatic rings. The van der Waals surface area contributed by atoms with Crippen LogP contribution in [-0.4, -0.2) is 17.9 Å². The Bertz CT molecular complexity index is 281. The Kier molecular flexibility index (Phi) is 11.4. The van der Waals surface area contributed by atoms with Crippen LogP contribution in [-0.2, 0) is 9.59 Å². The van der Waals surface area contributed by atoms with Crippen molar-refractivity contribution in [2.24, 2.45) is 5.73 Å². The fourth-order valence-electron chi connectivity index (χ4n) is 0.805. The molecule has 0 saturated heterocycles. The molecular formula is C13H24N2O2. The van der Waals surface area contributed by atoms with E-state index in [2.05, 4.69) is 18.8 Å². The van der Waals surface area contributed by atoms with Gasteiger partial charge in [0.25, 0.3) is 0 Å². The molecule has 0 aliphatic rings. The lowest BCUT2D eigenvalue weighted by Gasteiger charge is -2.02. The molecule has 0 aromatic carbocycles. The predicted octanol–water partition coefficient (Wildman–Crippen LogP) is 1.92. The third kappa shape index (κ3) is 14.4. The summed E-state index contributed by atoms with van der Waals surface area (Å²) >= 11 is 0. The zero-order chi connectivity index (χ0) is 13.8. The number of hydrogen-bond acceptors (Lipinski definition) is 2. The van der Waals surface area contributed by atoms with Crippen LogP contribution < -0.4 is 11.1 Å². The van der Waals surface area contributed by atoms with E-state index in [1.54, 1.807) is 6.92 Å². The maximum Gasteiger partial charge on any atom is 0.244 e. The molecule has 0 aliphatic carbocycles. The van der Waals surface area contributed by atoms with Crippen molar-refractivity contribution in [2.75, 3.05) is 0 Å². The van der Waals surface area contributed by atoms with Crippen molar-refractivity contribution in [1.29, 1.82) is 0 Å². The minimum Gasteiger partial charge on any atom is -0.366 e. The number of allylic oxidation sites excluding steroid dienone is 1. The minimum atomic E-state index is -0.316. The molecule has 0 rings (SSSR count). The van der Waals surface area contributed by atoms with Crippen molar-refractivity contribution in [3.05, 3.63) is 24.3 Å². The fraction of sp³-hybridized carbons (Fsp3) is 0.538. The second kappa shape index (κ2) is 10.9. The van der Waals surface area contributed by atoms with E-state index in [9.17, 15) is 9.59 Å². The molecule has 2 amide bonds. The average Bonchev–Trinajstić information content (AvgIpc) is 2.25. The lowest BCUT2D eigenvalue weighted by atomic mass is 10.2. The van der Waals surface area contributed by atoms with Crippen LogP contribution in [0.25, 0.3) is 0 Å². The molecule has 17 heavy (non-hydrogen) atoms. The summed E-state index contributed by atoms with van der Waals surface area (Å²) in [7, 11) is 0. The summed E-state index contributed by atoms with van der Waals surface area (Å²) in [4.78, 5) is 20.8. The molecule has 4 nitrogen and oxygen atoms in total. The number of rotatable bonds is 5. The van der Waals surface area contributed by atoms with E-state index in [0.29, 0.717) is 5.57 Å². The van der Waals surface area contributed by atoms with Gasteiger partial charge in [-0.1, -0.05) is 26.0 Å². The second-order valence-electron chi connectivity index (χ2n) is 3.91. The van der Waals surface area contributed by atoms with Crippen LogP contribution in [0.1, 0.15) is 40.5 Å². The Balaban J connectivity index is 0. The summed E-state index contributed by atoms with van der Waals surface area (Å²) in [5.74, 6) is -0.427. The van der Waals surface area contributed by atoms with E-state index < -0.39 is 0 Å².